The Hall–Kier alpha value is -1.04. The summed E-state index contributed by atoms with van der Waals surface area (Å²) in [6.45, 7) is 46.5. The predicted molar refractivity (Wildman–Crippen MR) is 336 cm³/mol. The highest BCUT2D eigenvalue weighted by Crippen LogP contribution is 1.91. The SMILES string of the molecule is CNCCNCCN(CCNCCNC)CCNCCNCCN(CCNCCNCCN(CCNC)CCNCCN)CCNCCNCCN(CCNCCN)CCNCCNCCN(CCNCCN)CCNNC. The molecule has 0 fully saturated rings. The van der Waals surface area contributed by atoms with E-state index in [0.717, 1.165) is 295 Å². The van der Waals surface area contributed by atoms with Crippen LogP contribution >= 0.6 is 0 Å². The molecule has 0 rings (SSSR count). The maximum Gasteiger partial charge on any atom is 0.0228 e. The van der Waals surface area contributed by atoms with Crippen LogP contribution in [0.3, 0.4) is 0 Å². The summed E-state index contributed by atoms with van der Waals surface area (Å²) in [7, 11) is 7.94. The maximum atomic E-state index is 5.75. The van der Waals surface area contributed by atoms with Gasteiger partial charge in [0.2, 0.25) is 0 Å². The Kier molecular flexibility index (Phi) is 65.9. The summed E-state index contributed by atoms with van der Waals surface area (Å²) >= 11 is 0. The van der Waals surface area contributed by atoms with Gasteiger partial charge in [0, 0.05) is 314 Å². The molecular formula is C52H132N26. The molecule has 26 nitrogen and oxygen atoms in total. The van der Waals surface area contributed by atoms with E-state index in [-0.39, 0.29) is 0 Å². The number of likely N-dealkylation sites (N-methyl/N-ethyl adjacent to an activating group) is 3. The van der Waals surface area contributed by atoms with Gasteiger partial charge in [-0.3, -0.25) is 35.4 Å². The van der Waals surface area contributed by atoms with E-state index in [1.54, 1.807) is 0 Å². The molecule has 0 saturated heterocycles. The van der Waals surface area contributed by atoms with Crippen LogP contribution in [0.15, 0.2) is 0 Å². The molecule has 0 spiro atoms. The molecule has 0 aliphatic heterocycles. The summed E-state index contributed by atoms with van der Waals surface area (Å²) in [5.41, 5.74) is 23.3. The van der Waals surface area contributed by atoms with Gasteiger partial charge in [-0.15, -0.1) is 0 Å². The van der Waals surface area contributed by atoms with Crippen LogP contribution in [0, 0.1) is 0 Å². The third-order valence-corrected chi connectivity index (χ3v) is 13.3. The third kappa shape index (κ3) is 58.2. The first-order valence-corrected chi connectivity index (χ1v) is 30.8. The zero-order valence-electron chi connectivity index (χ0n) is 50.9. The van der Waals surface area contributed by atoms with Crippen molar-refractivity contribution < 1.29 is 0 Å². The lowest BCUT2D eigenvalue weighted by molar-refractivity contribution is 0.265. The lowest BCUT2D eigenvalue weighted by atomic mass is 10.4. The molecule has 0 aromatic heterocycles. The van der Waals surface area contributed by atoms with Crippen LogP contribution in [-0.4, -0.2) is 367 Å². The summed E-state index contributed by atoms with van der Waals surface area (Å²) in [5.74, 6) is 0. The van der Waals surface area contributed by atoms with E-state index >= 15 is 0 Å². The maximum absolute atomic E-state index is 5.75. The Balaban J connectivity index is 4.82. The van der Waals surface area contributed by atoms with E-state index in [4.69, 9.17) is 17.2 Å². The van der Waals surface area contributed by atoms with Gasteiger partial charge in [0.15, 0.2) is 0 Å². The van der Waals surface area contributed by atoms with Crippen LogP contribution < -0.4 is 113 Å². The summed E-state index contributed by atoms with van der Waals surface area (Å²) in [5, 5.41) is 56.6. The molecule has 0 aliphatic rings. The molecule has 0 heterocycles. The van der Waals surface area contributed by atoms with Gasteiger partial charge in [-0.1, -0.05) is 0 Å². The molecule has 78 heavy (non-hydrogen) atoms. The first kappa shape index (κ1) is 77.0. The second kappa shape index (κ2) is 66.8. The largest absolute Gasteiger partial charge is 0.329 e. The molecular weight excluding hydrogens is 989 g/mol. The minimum Gasteiger partial charge on any atom is -0.329 e. The standard InChI is InChI=1S/C52H132N26/c1-56-11-13-63-27-43-76(44-28-64-14-12-57-2)47-32-69-19-20-71-35-50-77(48-33-68-16-15-65-29-42-74(38-23-58-3)39-24-60-8-5-53)49-34-70-18-17-66-30-45-75(40-25-61-9-6-54)46-31-67-21-22-72-36-51-78(52-37-73-59-4)41-26-62-10-7-55/h56-73H,5-55H2,1-4H3. The van der Waals surface area contributed by atoms with E-state index in [9.17, 15) is 0 Å². The minimum atomic E-state index is 0.667. The normalized spacial score (nSPS) is 12.2. The zero-order chi connectivity index (χ0) is 56.6. The molecule has 0 bridgehead atoms. The Labute approximate surface area is 478 Å². The van der Waals surface area contributed by atoms with E-state index in [1.807, 2.05) is 28.2 Å². The molecule has 0 aliphatic carbocycles. The highest BCUT2D eigenvalue weighted by atomic mass is 15.3. The zero-order valence-corrected chi connectivity index (χ0v) is 50.9. The molecule has 0 saturated carbocycles. The van der Waals surface area contributed by atoms with Crippen molar-refractivity contribution >= 4 is 0 Å². The van der Waals surface area contributed by atoms with Gasteiger partial charge in [-0.25, -0.2) is 0 Å². The van der Waals surface area contributed by atoms with Crippen molar-refractivity contribution in [2.75, 3.05) is 342 Å². The third-order valence-electron chi connectivity index (χ3n) is 13.3. The number of rotatable bonds is 70. The molecule has 24 N–H and O–H groups in total. The molecule has 0 atom stereocenters. The molecule has 0 radical (unpaired) electrons. The number of nitrogens with two attached hydrogens (primary N) is 3. The number of nitrogens with zero attached hydrogens (tertiary/aromatic N) is 5. The van der Waals surface area contributed by atoms with E-state index in [2.05, 4.69) is 120 Å². The van der Waals surface area contributed by atoms with Crippen LogP contribution in [0.2, 0.25) is 0 Å². The van der Waals surface area contributed by atoms with Crippen LogP contribution in [0.5, 0.6) is 0 Å². The number of hydrazine groups is 1. The van der Waals surface area contributed by atoms with Gasteiger partial charge in [-0.05, 0) is 28.2 Å². The molecule has 0 unspecified atom stereocenters. The summed E-state index contributed by atoms with van der Waals surface area (Å²) in [4.78, 5) is 12.7. The number of hydrogen-bond acceptors (Lipinski definition) is 26. The van der Waals surface area contributed by atoms with E-state index in [1.165, 1.54) is 0 Å². The Morgan fingerprint density at radius 1 is 0.192 bits per heavy atom. The average molecular weight is 1120 g/mol. The van der Waals surface area contributed by atoms with Crippen molar-refractivity contribution in [3.63, 3.8) is 0 Å². The van der Waals surface area contributed by atoms with Crippen molar-refractivity contribution in [1.29, 1.82) is 0 Å². The molecule has 470 valence electrons. The molecule has 0 amide bonds. The summed E-state index contributed by atoms with van der Waals surface area (Å²) in [6.07, 6.45) is 0. The van der Waals surface area contributed by atoms with Crippen molar-refractivity contribution in [2.45, 2.75) is 0 Å². The number of hydrogen-bond donors (Lipinski definition) is 21. The highest BCUT2D eigenvalue weighted by Gasteiger charge is 2.09. The number of nitrogens with one attached hydrogen (secondary N) is 18. The van der Waals surface area contributed by atoms with Crippen molar-refractivity contribution in [3.05, 3.63) is 0 Å². The molecule has 0 aromatic carbocycles. The Morgan fingerprint density at radius 3 is 0.538 bits per heavy atom. The van der Waals surface area contributed by atoms with Crippen molar-refractivity contribution in [2.24, 2.45) is 17.2 Å². The fourth-order valence-corrected chi connectivity index (χ4v) is 8.43. The monoisotopic (exact) mass is 1120 g/mol. The second-order valence-corrected chi connectivity index (χ2v) is 19.8. The molecule has 26 heteroatoms. The van der Waals surface area contributed by atoms with Gasteiger partial charge >= 0.3 is 0 Å². The van der Waals surface area contributed by atoms with E-state index < -0.39 is 0 Å². The van der Waals surface area contributed by atoms with Crippen LogP contribution in [0.4, 0.5) is 0 Å². The second-order valence-electron chi connectivity index (χ2n) is 19.8. The quantitative estimate of drug-likeness (QED) is 0.0199. The summed E-state index contributed by atoms with van der Waals surface area (Å²) < 4.78 is 0. The van der Waals surface area contributed by atoms with Gasteiger partial charge < -0.3 is 102 Å². The summed E-state index contributed by atoms with van der Waals surface area (Å²) in [6, 6.07) is 0. The lowest BCUT2D eigenvalue weighted by Crippen LogP contribution is -2.44. The van der Waals surface area contributed by atoms with Gasteiger partial charge in [0.25, 0.3) is 0 Å². The lowest BCUT2D eigenvalue weighted by Gasteiger charge is -2.24. The molecule has 0 aromatic rings. The smallest absolute Gasteiger partial charge is 0.0228 e. The van der Waals surface area contributed by atoms with Crippen molar-refractivity contribution in [1.82, 2.24) is 120 Å². The van der Waals surface area contributed by atoms with Crippen LogP contribution in [-0.2, 0) is 0 Å². The average Bonchev–Trinajstić information content (AvgIpc) is 3.44. The minimum absolute atomic E-state index is 0.667. The van der Waals surface area contributed by atoms with Gasteiger partial charge in [0.05, 0.1) is 0 Å². The van der Waals surface area contributed by atoms with Crippen molar-refractivity contribution in [3.8, 4) is 0 Å². The topological polar surface area (TPSA) is 311 Å². The predicted octanol–water partition coefficient (Wildman–Crippen LogP) is -9.58. The van der Waals surface area contributed by atoms with Gasteiger partial charge in [-0.2, -0.15) is 0 Å². The van der Waals surface area contributed by atoms with E-state index in [0.29, 0.717) is 19.6 Å². The highest BCUT2D eigenvalue weighted by molar-refractivity contribution is 4.71. The fraction of sp³-hybridized carbons (Fsp3) is 1.00. The Morgan fingerprint density at radius 2 is 0.359 bits per heavy atom. The Bertz CT molecular complexity index is 1080. The fourth-order valence-electron chi connectivity index (χ4n) is 8.43. The van der Waals surface area contributed by atoms with Crippen LogP contribution in [0.1, 0.15) is 0 Å². The first-order chi connectivity index (χ1) is 38.6. The van der Waals surface area contributed by atoms with Crippen LogP contribution in [0.25, 0.3) is 0 Å². The van der Waals surface area contributed by atoms with Gasteiger partial charge in [0.1, 0.15) is 0 Å². The first-order valence-electron chi connectivity index (χ1n) is 30.8.